The highest BCUT2D eigenvalue weighted by molar-refractivity contribution is 6.21. The number of morpholine rings is 1. The van der Waals surface area contributed by atoms with Gasteiger partial charge in [-0.3, -0.25) is 24.2 Å². The molecule has 2 aromatic carbocycles. The third kappa shape index (κ3) is 5.72. The van der Waals surface area contributed by atoms with Crippen molar-refractivity contribution in [2.75, 3.05) is 55.8 Å². The van der Waals surface area contributed by atoms with E-state index in [1.165, 1.54) is 13.0 Å². The van der Waals surface area contributed by atoms with Gasteiger partial charge in [0.1, 0.15) is 11.9 Å². The molecule has 2 aromatic rings. The molecule has 37 heavy (non-hydrogen) atoms. The molecule has 0 bridgehead atoms. The molecule has 4 rings (SSSR count). The summed E-state index contributed by atoms with van der Waals surface area (Å²) in [6, 6.07) is 10.7. The average molecular weight is 514 g/mol. The number of carbonyl (C=O) groups is 4. The topological polar surface area (TPSA) is 106 Å². The molecular formula is C26H28FN3O7. The summed E-state index contributed by atoms with van der Waals surface area (Å²) in [6.45, 7) is 4.33. The maximum absolute atomic E-state index is 15.1. The molecule has 0 aromatic heterocycles. The third-order valence-electron chi connectivity index (χ3n) is 6.07. The number of esters is 1. The monoisotopic (exact) mass is 513 g/mol. The van der Waals surface area contributed by atoms with E-state index in [0.717, 1.165) is 9.80 Å². The summed E-state index contributed by atoms with van der Waals surface area (Å²) in [6.07, 6.45) is -1.88. The summed E-state index contributed by atoms with van der Waals surface area (Å²) in [5, 5.41) is 0. The minimum Gasteiger partial charge on any atom is -0.459 e. The van der Waals surface area contributed by atoms with Crippen molar-refractivity contribution >= 4 is 35.3 Å². The second kappa shape index (κ2) is 11.4. The Labute approximate surface area is 213 Å². The fraction of sp³-hybridized carbons (Fsp3) is 0.385. The van der Waals surface area contributed by atoms with Crippen LogP contribution in [-0.2, 0) is 19.0 Å². The van der Waals surface area contributed by atoms with Gasteiger partial charge in [0.2, 0.25) is 0 Å². The lowest BCUT2D eigenvalue weighted by Gasteiger charge is -2.31. The molecule has 2 aliphatic heterocycles. The van der Waals surface area contributed by atoms with Crippen LogP contribution in [0.4, 0.5) is 20.6 Å². The quantitative estimate of drug-likeness (QED) is 0.392. The van der Waals surface area contributed by atoms with E-state index in [2.05, 4.69) is 0 Å². The molecule has 0 aliphatic carbocycles. The number of fused-ring (bicyclic) bond motifs is 1. The van der Waals surface area contributed by atoms with Crippen LogP contribution in [0.15, 0.2) is 42.5 Å². The van der Waals surface area contributed by atoms with Gasteiger partial charge in [0, 0.05) is 20.0 Å². The molecule has 3 amide bonds. The number of nitrogens with zero attached hydrogens (tertiary/aromatic N) is 3. The Hall–Kier alpha value is -3.99. The highest BCUT2D eigenvalue weighted by Gasteiger charge is 2.38. The number of hydrogen-bond acceptors (Lipinski definition) is 8. The summed E-state index contributed by atoms with van der Waals surface area (Å²) in [7, 11) is 0. The van der Waals surface area contributed by atoms with Crippen molar-refractivity contribution in [1.82, 2.24) is 4.90 Å². The second-order valence-electron chi connectivity index (χ2n) is 8.54. The van der Waals surface area contributed by atoms with Crippen LogP contribution in [0.5, 0.6) is 0 Å². The Morgan fingerprint density at radius 2 is 1.73 bits per heavy atom. The van der Waals surface area contributed by atoms with Crippen molar-refractivity contribution in [3.8, 4) is 0 Å². The number of benzene rings is 2. The van der Waals surface area contributed by atoms with Crippen molar-refractivity contribution in [2.24, 2.45) is 0 Å². The molecule has 11 heteroatoms. The van der Waals surface area contributed by atoms with Gasteiger partial charge in [-0.15, -0.1) is 0 Å². The molecule has 1 saturated heterocycles. The van der Waals surface area contributed by atoms with Crippen LogP contribution in [0.3, 0.4) is 0 Å². The summed E-state index contributed by atoms with van der Waals surface area (Å²) in [5.74, 6) is -2.26. The highest BCUT2D eigenvalue weighted by atomic mass is 19.1. The minimum absolute atomic E-state index is 0.0559. The first kappa shape index (κ1) is 26.1. The summed E-state index contributed by atoms with van der Waals surface area (Å²) < 4.78 is 31.0. The summed E-state index contributed by atoms with van der Waals surface area (Å²) >= 11 is 0. The molecule has 10 nitrogen and oxygen atoms in total. The van der Waals surface area contributed by atoms with Crippen LogP contribution in [-0.4, -0.2) is 80.9 Å². The van der Waals surface area contributed by atoms with Gasteiger partial charge >= 0.3 is 12.1 Å². The summed E-state index contributed by atoms with van der Waals surface area (Å²) in [5.41, 5.74) is 1.04. The number of amides is 3. The Bertz CT molecular complexity index is 1160. The van der Waals surface area contributed by atoms with E-state index >= 15 is 4.39 Å². The fourth-order valence-corrected chi connectivity index (χ4v) is 4.39. The SMILES string of the molecule is CCOC(=O)N(C[C@@H](CN1C(=O)c2ccccc2C1=O)OC(C)=O)c1ccc(N2CCOCC2)c(F)c1. The van der Waals surface area contributed by atoms with E-state index in [9.17, 15) is 19.2 Å². The van der Waals surface area contributed by atoms with Gasteiger partial charge in [-0.1, -0.05) is 12.1 Å². The number of rotatable bonds is 8. The molecule has 0 saturated carbocycles. The van der Waals surface area contributed by atoms with E-state index in [-0.39, 0.29) is 36.5 Å². The van der Waals surface area contributed by atoms with Crippen LogP contribution in [0.25, 0.3) is 0 Å². The fourth-order valence-electron chi connectivity index (χ4n) is 4.39. The smallest absolute Gasteiger partial charge is 0.414 e. The lowest BCUT2D eigenvalue weighted by Crippen LogP contribution is -2.46. The van der Waals surface area contributed by atoms with Crippen LogP contribution < -0.4 is 9.80 Å². The van der Waals surface area contributed by atoms with Gasteiger partial charge in [0.25, 0.3) is 11.8 Å². The number of carbonyl (C=O) groups excluding carboxylic acids is 4. The zero-order valence-electron chi connectivity index (χ0n) is 20.6. The van der Waals surface area contributed by atoms with E-state index in [1.54, 1.807) is 43.3 Å². The average Bonchev–Trinajstić information content (AvgIpc) is 3.12. The third-order valence-corrected chi connectivity index (χ3v) is 6.07. The first-order chi connectivity index (χ1) is 17.8. The van der Waals surface area contributed by atoms with E-state index < -0.39 is 35.8 Å². The molecule has 0 unspecified atom stereocenters. The van der Waals surface area contributed by atoms with E-state index in [1.807, 2.05) is 4.90 Å². The van der Waals surface area contributed by atoms with Crippen LogP contribution in [0, 0.1) is 5.82 Å². The van der Waals surface area contributed by atoms with Gasteiger partial charge in [-0.05, 0) is 37.3 Å². The molecular weight excluding hydrogens is 485 g/mol. The molecule has 1 fully saturated rings. The number of anilines is 2. The number of imide groups is 1. The molecule has 0 radical (unpaired) electrons. The Morgan fingerprint density at radius 3 is 2.30 bits per heavy atom. The zero-order chi connectivity index (χ0) is 26.5. The first-order valence-electron chi connectivity index (χ1n) is 12.0. The van der Waals surface area contributed by atoms with Crippen LogP contribution in [0.1, 0.15) is 34.6 Å². The lowest BCUT2D eigenvalue weighted by atomic mass is 10.1. The molecule has 196 valence electrons. The Balaban J connectivity index is 1.59. The second-order valence-corrected chi connectivity index (χ2v) is 8.54. The van der Waals surface area contributed by atoms with Crippen molar-refractivity contribution < 1.29 is 37.8 Å². The van der Waals surface area contributed by atoms with E-state index in [4.69, 9.17) is 14.2 Å². The predicted octanol–water partition coefficient (Wildman–Crippen LogP) is 2.85. The van der Waals surface area contributed by atoms with Crippen LogP contribution in [0.2, 0.25) is 0 Å². The predicted molar refractivity (Wildman–Crippen MR) is 131 cm³/mol. The molecule has 2 aliphatic rings. The van der Waals surface area contributed by atoms with Crippen molar-refractivity contribution in [2.45, 2.75) is 20.0 Å². The first-order valence-corrected chi connectivity index (χ1v) is 12.0. The van der Waals surface area contributed by atoms with E-state index in [0.29, 0.717) is 32.0 Å². The number of halogens is 1. The molecule has 0 N–H and O–H groups in total. The minimum atomic E-state index is -1.09. The van der Waals surface area contributed by atoms with Gasteiger partial charge < -0.3 is 19.1 Å². The normalized spacial score (nSPS) is 15.9. The van der Waals surface area contributed by atoms with Gasteiger partial charge in [-0.2, -0.15) is 0 Å². The van der Waals surface area contributed by atoms with Gasteiger partial charge in [-0.25, -0.2) is 9.18 Å². The molecule has 0 spiro atoms. The Morgan fingerprint density at radius 1 is 1.08 bits per heavy atom. The number of ether oxygens (including phenoxy) is 3. The molecule has 1 atom stereocenters. The van der Waals surface area contributed by atoms with Crippen molar-refractivity contribution in [3.05, 3.63) is 59.4 Å². The zero-order valence-corrected chi connectivity index (χ0v) is 20.6. The number of hydrogen-bond donors (Lipinski definition) is 0. The van der Waals surface area contributed by atoms with Crippen molar-refractivity contribution in [1.29, 1.82) is 0 Å². The highest BCUT2D eigenvalue weighted by Crippen LogP contribution is 2.28. The lowest BCUT2D eigenvalue weighted by molar-refractivity contribution is -0.146. The standard InChI is InChI=1S/C26H28FN3O7/c1-3-36-26(34)29(18-8-9-23(22(27)14-18)28-10-12-35-13-11-28)15-19(37-17(2)31)16-30-24(32)20-6-4-5-7-21(20)25(30)33/h4-9,14,19H,3,10-13,15-16H2,1-2H3/t19-/m0/s1. The molecule has 2 heterocycles. The summed E-state index contributed by atoms with van der Waals surface area (Å²) in [4.78, 5) is 54.4. The van der Waals surface area contributed by atoms with Crippen molar-refractivity contribution in [3.63, 3.8) is 0 Å². The maximum Gasteiger partial charge on any atom is 0.414 e. The van der Waals surface area contributed by atoms with Gasteiger partial charge in [0.05, 0.1) is 55.4 Å². The van der Waals surface area contributed by atoms with Gasteiger partial charge in [0.15, 0.2) is 0 Å². The van der Waals surface area contributed by atoms with Crippen LogP contribution >= 0.6 is 0 Å². The maximum atomic E-state index is 15.1. The largest absolute Gasteiger partial charge is 0.459 e. The Kier molecular flexibility index (Phi) is 8.02.